The lowest BCUT2D eigenvalue weighted by molar-refractivity contribution is -0.153. The average Bonchev–Trinajstić information content (AvgIpc) is 2.77. The first-order valence-electron chi connectivity index (χ1n) is 9.72. The lowest BCUT2D eigenvalue weighted by atomic mass is 9.72. The molecule has 0 radical (unpaired) electrons. The van der Waals surface area contributed by atoms with Crippen LogP contribution < -0.4 is 4.74 Å². The zero-order valence-electron chi connectivity index (χ0n) is 17.0. The van der Waals surface area contributed by atoms with Crippen LogP contribution >= 0.6 is 0 Å². The van der Waals surface area contributed by atoms with Crippen LogP contribution in [-0.4, -0.2) is 49.4 Å². The van der Waals surface area contributed by atoms with Crippen molar-refractivity contribution in [3.63, 3.8) is 0 Å². The highest BCUT2D eigenvalue weighted by Crippen LogP contribution is 2.37. The molecule has 0 aromatic heterocycles. The molecule has 0 atom stereocenters. The minimum Gasteiger partial charge on any atom is -0.496 e. The first kappa shape index (κ1) is 21.5. The zero-order valence-corrected chi connectivity index (χ0v) is 17.0. The van der Waals surface area contributed by atoms with Gasteiger partial charge >= 0.3 is 5.97 Å². The van der Waals surface area contributed by atoms with Gasteiger partial charge in [-0.15, -0.1) is 0 Å². The van der Waals surface area contributed by atoms with Gasteiger partial charge in [0.1, 0.15) is 11.6 Å². The van der Waals surface area contributed by atoms with Crippen LogP contribution in [-0.2, 0) is 19.7 Å². The van der Waals surface area contributed by atoms with E-state index >= 15 is 0 Å². The molecule has 0 unspecified atom stereocenters. The van der Waals surface area contributed by atoms with Crippen LogP contribution in [0.2, 0.25) is 0 Å². The zero-order chi connectivity index (χ0) is 21.7. The molecule has 7 heteroatoms. The minimum absolute atomic E-state index is 0.0189. The van der Waals surface area contributed by atoms with E-state index in [4.69, 9.17) is 9.47 Å². The smallest absolute Gasteiger partial charge is 0.317 e. The number of likely N-dealkylation sites (tertiary alicyclic amines) is 1. The second kappa shape index (κ2) is 9.07. The molecule has 1 aliphatic heterocycles. The van der Waals surface area contributed by atoms with Crippen molar-refractivity contribution < 1.29 is 28.2 Å². The number of carbonyl (C=O) groups is 3. The molecule has 1 amide bonds. The molecule has 6 nitrogen and oxygen atoms in total. The van der Waals surface area contributed by atoms with Gasteiger partial charge in [-0.3, -0.25) is 14.4 Å². The van der Waals surface area contributed by atoms with Crippen LogP contribution in [0, 0.1) is 5.82 Å². The number of nitrogens with zero attached hydrogens (tertiary/aromatic N) is 1. The predicted molar refractivity (Wildman–Crippen MR) is 108 cm³/mol. The molecule has 0 saturated carbocycles. The van der Waals surface area contributed by atoms with Crippen molar-refractivity contribution in [3.05, 3.63) is 65.5 Å². The van der Waals surface area contributed by atoms with Crippen molar-refractivity contribution in [2.45, 2.75) is 25.2 Å². The van der Waals surface area contributed by atoms with Gasteiger partial charge in [0, 0.05) is 20.0 Å². The van der Waals surface area contributed by atoms with E-state index in [0.717, 1.165) is 11.6 Å². The second-order valence-electron chi connectivity index (χ2n) is 7.30. The van der Waals surface area contributed by atoms with E-state index in [2.05, 4.69) is 0 Å². The fraction of sp³-hybridized carbons (Fsp3) is 0.348. The number of benzene rings is 2. The lowest BCUT2D eigenvalue weighted by Crippen LogP contribution is -2.49. The molecule has 1 aliphatic rings. The summed E-state index contributed by atoms with van der Waals surface area (Å²) >= 11 is 0. The molecular formula is C23H24FNO5. The summed E-state index contributed by atoms with van der Waals surface area (Å²) in [6.07, 6.45) is 0.791. The van der Waals surface area contributed by atoms with Gasteiger partial charge in [0.05, 0.1) is 18.1 Å². The van der Waals surface area contributed by atoms with Crippen LogP contribution in [0.1, 0.15) is 35.7 Å². The fourth-order valence-corrected chi connectivity index (χ4v) is 3.82. The quantitative estimate of drug-likeness (QED) is 0.537. The van der Waals surface area contributed by atoms with Gasteiger partial charge in [0.2, 0.25) is 11.7 Å². The van der Waals surface area contributed by atoms with Crippen molar-refractivity contribution in [1.82, 2.24) is 4.90 Å². The molecule has 3 rings (SSSR count). The van der Waals surface area contributed by atoms with E-state index in [9.17, 15) is 18.8 Å². The Hall–Kier alpha value is -3.22. The molecule has 158 valence electrons. The van der Waals surface area contributed by atoms with Gasteiger partial charge in [-0.05, 0) is 36.6 Å². The van der Waals surface area contributed by atoms with Gasteiger partial charge < -0.3 is 14.4 Å². The highest BCUT2D eigenvalue weighted by molar-refractivity contribution is 6.00. The van der Waals surface area contributed by atoms with Crippen molar-refractivity contribution >= 4 is 17.7 Å². The molecule has 1 heterocycles. The predicted octanol–water partition coefficient (Wildman–Crippen LogP) is 3.14. The van der Waals surface area contributed by atoms with Crippen molar-refractivity contribution in [2.75, 3.05) is 26.8 Å². The van der Waals surface area contributed by atoms with E-state index in [0.29, 0.717) is 25.9 Å². The molecule has 2 aromatic rings. The second-order valence-corrected chi connectivity index (χ2v) is 7.30. The maximum Gasteiger partial charge on any atom is 0.317 e. The summed E-state index contributed by atoms with van der Waals surface area (Å²) < 4.78 is 24.1. The van der Waals surface area contributed by atoms with E-state index in [1.165, 1.54) is 26.2 Å². The number of ether oxygens (including phenoxy) is 2. The van der Waals surface area contributed by atoms with Crippen LogP contribution in [0.25, 0.3) is 0 Å². The average molecular weight is 413 g/mol. The Kier molecular flexibility index (Phi) is 6.50. The normalized spacial score (nSPS) is 15.4. The minimum atomic E-state index is -0.945. The summed E-state index contributed by atoms with van der Waals surface area (Å²) in [6.45, 7) is 1.82. The Morgan fingerprint density at radius 1 is 1.07 bits per heavy atom. The first-order valence-corrected chi connectivity index (χ1v) is 9.72. The van der Waals surface area contributed by atoms with Crippen LogP contribution in [0.15, 0.2) is 48.5 Å². The number of methoxy groups -OCH3 is 1. The van der Waals surface area contributed by atoms with Crippen LogP contribution in [0.5, 0.6) is 5.75 Å². The molecule has 2 aromatic carbocycles. The molecule has 1 fully saturated rings. The third kappa shape index (κ3) is 4.35. The standard InChI is InChI=1S/C23H24FNO5/c1-16(26)25-12-10-23(11-13-25,17-6-4-3-5-7-17)22(28)30-15-20(27)19-14-18(24)8-9-21(19)29-2/h3-9,14H,10-13,15H2,1-2H3. The first-order chi connectivity index (χ1) is 14.4. The Morgan fingerprint density at radius 3 is 2.33 bits per heavy atom. The Morgan fingerprint density at radius 2 is 1.73 bits per heavy atom. The number of amides is 1. The van der Waals surface area contributed by atoms with E-state index in [1.54, 1.807) is 4.90 Å². The Labute approximate surface area is 174 Å². The van der Waals surface area contributed by atoms with E-state index < -0.39 is 29.6 Å². The third-order valence-electron chi connectivity index (χ3n) is 5.58. The molecule has 0 spiro atoms. The molecule has 30 heavy (non-hydrogen) atoms. The third-order valence-corrected chi connectivity index (χ3v) is 5.58. The van der Waals surface area contributed by atoms with Gasteiger partial charge in [-0.25, -0.2) is 4.39 Å². The van der Waals surface area contributed by atoms with Gasteiger partial charge in [0.25, 0.3) is 0 Å². The SMILES string of the molecule is COc1ccc(F)cc1C(=O)COC(=O)C1(c2ccccc2)CCN(C(C)=O)CC1. The number of hydrogen-bond donors (Lipinski definition) is 0. The molecule has 0 N–H and O–H groups in total. The van der Waals surface area contributed by atoms with Gasteiger partial charge in [-0.1, -0.05) is 30.3 Å². The van der Waals surface area contributed by atoms with Gasteiger partial charge in [0.15, 0.2) is 6.61 Å². The number of ketones is 1. The summed E-state index contributed by atoms with van der Waals surface area (Å²) in [5, 5.41) is 0. The lowest BCUT2D eigenvalue weighted by Gasteiger charge is -2.40. The van der Waals surface area contributed by atoms with Gasteiger partial charge in [-0.2, -0.15) is 0 Å². The molecule has 0 bridgehead atoms. The number of piperidine rings is 1. The molecule has 1 saturated heterocycles. The van der Waals surface area contributed by atoms with Crippen molar-refractivity contribution in [3.8, 4) is 5.75 Å². The molecule has 0 aliphatic carbocycles. The summed E-state index contributed by atoms with van der Waals surface area (Å²) in [7, 11) is 1.38. The van der Waals surface area contributed by atoms with E-state index in [1.807, 2.05) is 30.3 Å². The fourth-order valence-electron chi connectivity index (χ4n) is 3.82. The Balaban J connectivity index is 1.79. The number of Topliss-reactive ketones (excluding diaryl/α,β-unsaturated/α-hetero) is 1. The number of halogens is 1. The van der Waals surface area contributed by atoms with Crippen LogP contribution in [0.4, 0.5) is 4.39 Å². The topological polar surface area (TPSA) is 72.9 Å². The molecular weight excluding hydrogens is 389 g/mol. The number of hydrogen-bond acceptors (Lipinski definition) is 5. The highest BCUT2D eigenvalue weighted by atomic mass is 19.1. The monoisotopic (exact) mass is 413 g/mol. The summed E-state index contributed by atoms with van der Waals surface area (Å²) in [5.41, 5.74) is -0.140. The maximum absolute atomic E-state index is 13.6. The Bertz CT molecular complexity index is 936. The van der Waals surface area contributed by atoms with Crippen LogP contribution in [0.3, 0.4) is 0 Å². The van der Waals surface area contributed by atoms with Crippen molar-refractivity contribution in [2.24, 2.45) is 0 Å². The number of carbonyl (C=O) groups excluding carboxylic acids is 3. The summed E-state index contributed by atoms with van der Waals surface area (Å²) in [4.78, 5) is 39.1. The summed E-state index contributed by atoms with van der Waals surface area (Å²) in [5.74, 6) is -1.49. The number of rotatable bonds is 6. The van der Waals surface area contributed by atoms with E-state index in [-0.39, 0.29) is 17.2 Å². The summed E-state index contributed by atoms with van der Waals surface area (Å²) in [6, 6.07) is 12.8. The largest absolute Gasteiger partial charge is 0.496 e. The maximum atomic E-state index is 13.6. The number of esters is 1. The highest BCUT2D eigenvalue weighted by Gasteiger charge is 2.45. The van der Waals surface area contributed by atoms with Crippen molar-refractivity contribution in [1.29, 1.82) is 0 Å².